The number of benzene rings is 3. The van der Waals surface area contributed by atoms with Crippen molar-refractivity contribution in [1.29, 1.82) is 5.41 Å². The van der Waals surface area contributed by atoms with Gasteiger partial charge in [-0.15, -0.1) is 0 Å². The fraction of sp³-hybridized carbons (Fsp3) is 0.447. The zero-order valence-corrected chi connectivity index (χ0v) is 27.8. The molecule has 238 valence electrons. The number of aryl methyl sites for hydroxylation is 2. The first-order valence-corrected chi connectivity index (χ1v) is 16.0. The predicted octanol–water partition coefficient (Wildman–Crippen LogP) is 8.87. The van der Waals surface area contributed by atoms with Crippen LogP contribution in [0.5, 0.6) is 5.75 Å². The van der Waals surface area contributed by atoms with Gasteiger partial charge in [-0.1, -0.05) is 96.1 Å². The molecule has 3 aromatic carbocycles. The number of amides is 1. The second kappa shape index (κ2) is 18.0. The quantitative estimate of drug-likeness (QED) is 0.151. The van der Waals surface area contributed by atoms with E-state index in [-0.39, 0.29) is 17.7 Å². The van der Waals surface area contributed by atoms with E-state index in [1.165, 1.54) is 11.1 Å². The van der Waals surface area contributed by atoms with Crippen molar-refractivity contribution in [2.75, 3.05) is 13.2 Å². The number of nitrogens with one attached hydrogen (secondary N) is 1. The Morgan fingerprint density at radius 2 is 1.57 bits per heavy atom. The molecule has 0 saturated carbocycles. The van der Waals surface area contributed by atoms with Crippen LogP contribution >= 0.6 is 0 Å². The lowest BCUT2D eigenvalue weighted by molar-refractivity contribution is -0.136. The molecule has 1 amide bonds. The minimum atomic E-state index is -0.887. The van der Waals surface area contributed by atoms with E-state index >= 15 is 0 Å². The normalized spacial score (nSPS) is 10.9. The Morgan fingerprint density at radius 3 is 2.14 bits per heavy atom. The molecule has 0 atom stereocenters. The van der Waals surface area contributed by atoms with Gasteiger partial charge in [-0.25, -0.2) is 0 Å². The van der Waals surface area contributed by atoms with Crippen molar-refractivity contribution < 1.29 is 19.4 Å². The molecular formula is C38H52N2O4. The maximum Gasteiger partial charge on any atom is 0.307 e. The number of rotatable bonds is 13. The van der Waals surface area contributed by atoms with Crippen molar-refractivity contribution >= 4 is 17.7 Å². The number of carboxylic acid groups (broad SMARTS) is 1. The molecule has 6 nitrogen and oxygen atoms in total. The number of ether oxygens (including phenoxy) is 1. The highest BCUT2D eigenvalue weighted by atomic mass is 16.5. The van der Waals surface area contributed by atoms with Crippen LogP contribution in [-0.2, 0) is 34.3 Å². The van der Waals surface area contributed by atoms with Gasteiger partial charge in [0, 0.05) is 24.9 Å². The summed E-state index contributed by atoms with van der Waals surface area (Å²) in [7, 11) is 0. The van der Waals surface area contributed by atoms with Gasteiger partial charge in [0.2, 0.25) is 5.91 Å². The van der Waals surface area contributed by atoms with Gasteiger partial charge in [0.05, 0.1) is 13.0 Å². The van der Waals surface area contributed by atoms with E-state index in [0.717, 1.165) is 42.4 Å². The van der Waals surface area contributed by atoms with Crippen LogP contribution < -0.4 is 4.74 Å². The van der Waals surface area contributed by atoms with Gasteiger partial charge in [-0.2, -0.15) is 0 Å². The number of aliphatic carboxylic acids is 1. The van der Waals surface area contributed by atoms with Crippen LogP contribution in [0.3, 0.4) is 0 Å². The monoisotopic (exact) mass is 600 g/mol. The molecule has 0 aliphatic carbocycles. The van der Waals surface area contributed by atoms with Gasteiger partial charge in [-0.3, -0.25) is 15.0 Å². The van der Waals surface area contributed by atoms with Crippen molar-refractivity contribution in [3.63, 3.8) is 0 Å². The van der Waals surface area contributed by atoms with E-state index in [0.29, 0.717) is 43.1 Å². The Labute approximate surface area is 265 Å². The molecule has 0 radical (unpaired) electrons. The molecule has 3 rings (SSSR count). The summed E-state index contributed by atoms with van der Waals surface area (Å²) < 4.78 is 5.72. The van der Waals surface area contributed by atoms with Crippen molar-refractivity contribution in [3.8, 4) is 16.9 Å². The molecule has 0 bridgehead atoms. The first kappa shape index (κ1) is 36.3. The Morgan fingerprint density at radius 1 is 0.886 bits per heavy atom. The van der Waals surface area contributed by atoms with Crippen LogP contribution in [0.25, 0.3) is 11.1 Å². The number of amidine groups is 1. The van der Waals surface area contributed by atoms with Crippen LogP contribution in [0, 0.1) is 5.41 Å². The summed E-state index contributed by atoms with van der Waals surface area (Å²) >= 11 is 0. The van der Waals surface area contributed by atoms with Crippen LogP contribution in [0.2, 0.25) is 0 Å². The summed E-state index contributed by atoms with van der Waals surface area (Å²) in [4.78, 5) is 24.8. The van der Waals surface area contributed by atoms with Gasteiger partial charge in [0.25, 0.3) is 0 Å². The number of carbonyl (C=O) groups is 2. The summed E-state index contributed by atoms with van der Waals surface area (Å²) in [5.41, 5.74) is 6.90. The van der Waals surface area contributed by atoms with E-state index in [1.54, 1.807) is 4.90 Å². The van der Waals surface area contributed by atoms with E-state index in [2.05, 4.69) is 64.1 Å². The van der Waals surface area contributed by atoms with Gasteiger partial charge in [-0.05, 0) is 78.0 Å². The molecule has 0 saturated heterocycles. The standard InChI is InChI=1S/C26H34N2O4.C12H18/c1-4-15-32-23-14-13-21(17-22(23)18-26(30)31)20-11-7-9-19(16-20)10-8-12-24(27)28(6-3)25(29)5-2;1-5-10-6-8-11(9-7-10)12(2,3)4/h7,9,11,13-14,16-17,27H,4-6,8,10,12,15,18H2,1-3H3,(H,30,31);6-9H,5H2,1-4H3. The number of carbonyl (C=O) groups excluding carboxylic acids is 1. The number of carboxylic acids is 1. The van der Waals surface area contributed by atoms with Crippen molar-refractivity contribution in [2.45, 2.75) is 98.8 Å². The Balaban J connectivity index is 0.000000469. The first-order chi connectivity index (χ1) is 20.9. The van der Waals surface area contributed by atoms with E-state index < -0.39 is 5.97 Å². The zero-order chi connectivity index (χ0) is 32.7. The largest absolute Gasteiger partial charge is 0.493 e. The van der Waals surface area contributed by atoms with Crippen LogP contribution in [0.15, 0.2) is 66.7 Å². The van der Waals surface area contributed by atoms with Crippen LogP contribution in [0.4, 0.5) is 0 Å². The summed E-state index contributed by atoms with van der Waals surface area (Å²) in [5.74, 6) is 0.0941. The minimum Gasteiger partial charge on any atom is -0.493 e. The smallest absolute Gasteiger partial charge is 0.307 e. The molecule has 44 heavy (non-hydrogen) atoms. The molecule has 3 aromatic rings. The van der Waals surface area contributed by atoms with Crippen LogP contribution in [-0.4, -0.2) is 40.9 Å². The van der Waals surface area contributed by atoms with Gasteiger partial charge >= 0.3 is 5.97 Å². The number of hydrogen-bond acceptors (Lipinski definition) is 4. The zero-order valence-electron chi connectivity index (χ0n) is 27.8. The van der Waals surface area contributed by atoms with Crippen molar-refractivity contribution in [3.05, 3.63) is 89.0 Å². The summed E-state index contributed by atoms with van der Waals surface area (Å²) in [5, 5.41) is 17.5. The number of hydrogen-bond donors (Lipinski definition) is 2. The van der Waals surface area contributed by atoms with Gasteiger partial charge in [0.15, 0.2) is 0 Å². The van der Waals surface area contributed by atoms with E-state index in [4.69, 9.17) is 10.1 Å². The Bertz CT molecular complexity index is 1360. The summed E-state index contributed by atoms with van der Waals surface area (Å²) in [6, 6.07) is 22.8. The highest BCUT2D eigenvalue weighted by molar-refractivity contribution is 5.96. The lowest BCUT2D eigenvalue weighted by Gasteiger charge is -2.21. The molecule has 0 unspecified atom stereocenters. The van der Waals surface area contributed by atoms with Crippen molar-refractivity contribution in [1.82, 2.24) is 4.90 Å². The SMILES string of the molecule is CCCOc1ccc(-c2cccc(CCCC(=N)N(CC)C(=O)CC)c2)cc1CC(=O)O.CCc1ccc(C(C)(C)C)cc1. The summed E-state index contributed by atoms with van der Waals surface area (Å²) in [6.07, 6.45) is 4.44. The maximum atomic E-state index is 11.9. The summed E-state index contributed by atoms with van der Waals surface area (Å²) in [6.45, 7) is 15.7. The fourth-order valence-corrected chi connectivity index (χ4v) is 4.86. The minimum absolute atomic E-state index is 0.0111. The molecule has 6 heteroatoms. The molecule has 0 spiro atoms. The fourth-order valence-electron chi connectivity index (χ4n) is 4.86. The van der Waals surface area contributed by atoms with E-state index in [9.17, 15) is 14.7 Å². The third kappa shape index (κ3) is 11.6. The molecule has 2 N–H and O–H groups in total. The highest BCUT2D eigenvalue weighted by Crippen LogP contribution is 2.28. The number of nitrogens with zero attached hydrogens (tertiary/aromatic N) is 1. The highest BCUT2D eigenvalue weighted by Gasteiger charge is 2.15. The molecule has 0 aliphatic heterocycles. The molecule has 0 heterocycles. The second-order valence-corrected chi connectivity index (χ2v) is 12.0. The lowest BCUT2D eigenvalue weighted by atomic mass is 9.86. The van der Waals surface area contributed by atoms with Gasteiger partial charge < -0.3 is 14.7 Å². The van der Waals surface area contributed by atoms with E-state index in [1.807, 2.05) is 51.1 Å². The lowest BCUT2D eigenvalue weighted by Crippen LogP contribution is -2.35. The first-order valence-electron chi connectivity index (χ1n) is 16.0. The maximum absolute atomic E-state index is 11.9. The van der Waals surface area contributed by atoms with Crippen molar-refractivity contribution in [2.24, 2.45) is 0 Å². The molecule has 0 aromatic heterocycles. The second-order valence-electron chi connectivity index (χ2n) is 12.0. The van der Waals surface area contributed by atoms with Crippen LogP contribution in [0.1, 0.15) is 96.4 Å². The Hall–Kier alpha value is -3.93. The predicted molar refractivity (Wildman–Crippen MR) is 182 cm³/mol. The van der Waals surface area contributed by atoms with Gasteiger partial charge in [0.1, 0.15) is 11.6 Å². The topological polar surface area (TPSA) is 90.7 Å². The average molecular weight is 601 g/mol. The Kier molecular flexibility index (Phi) is 14.8. The molecule has 0 fully saturated rings. The third-order valence-corrected chi connectivity index (χ3v) is 7.48. The molecule has 0 aliphatic rings. The average Bonchev–Trinajstić information content (AvgIpc) is 3.00. The molecular weight excluding hydrogens is 548 g/mol. The third-order valence-electron chi connectivity index (χ3n) is 7.48.